The highest BCUT2D eigenvalue weighted by atomic mass is 19.1. The van der Waals surface area contributed by atoms with Crippen LogP contribution in [0.25, 0.3) is 0 Å². The van der Waals surface area contributed by atoms with Gasteiger partial charge in [-0.15, -0.1) is 0 Å². The standard InChI is InChI=1S/C24H26FNO/c1-19-7-5-6-10-22(19)17-26(16-21-11-13-23(25)14-12-21)18-24(27)15-20-8-3-2-4-9-20/h2-14,24,27H,15-18H2,1H3/t24-/m1/s1. The molecule has 27 heavy (non-hydrogen) atoms. The van der Waals surface area contributed by atoms with Crippen LogP contribution in [0.2, 0.25) is 0 Å². The second kappa shape index (κ2) is 9.45. The molecule has 0 saturated heterocycles. The lowest BCUT2D eigenvalue weighted by Crippen LogP contribution is -2.33. The molecule has 0 bridgehead atoms. The molecule has 3 rings (SSSR count). The van der Waals surface area contributed by atoms with E-state index >= 15 is 0 Å². The van der Waals surface area contributed by atoms with Crippen LogP contribution in [-0.4, -0.2) is 22.7 Å². The summed E-state index contributed by atoms with van der Waals surface area (Å²) in [5.41, 5.74) is 4.64. The minimum atomic E-state index is -0.461. The molecule has 0 radical (unpaired) electrons. The molecule has 3 aromatic carbocycles. The van der Waals surface area contributed by atoms with E-state index < -0.39 is 6.10 Å². The number of hydrogen-bond donors (Lipinski definition) is 1. The fourth-order valence-electron chi connectivity index (χ4n) is 3.31. The summed E-state index contributed by atoms with van der Waals surface area (Å²) >= 11 is 0. The predicted octanol–water partition coefficient (Wildman–Crippen LogP) is 4.74. The van der Waals surface area contributed by atoms with E-state index in [1.54, 1.807) is 0 Å². The third kappa shape index (κ3) is 6.02. The van der Waals surface area contributed by atoms with Crippen LogP contribution in [0.15, 0.2) is 78.9 Å². The van der Waals surface area contributed by atoms with Crippen molar-refractivity contribution in [2.75, 3.05) is 6.54 Å². The average Bonchev–Trinajstić information content (AvgIpc) is 2.66. The topological polar surface area (TPSA) is 23.5 Å². The maximum Gasteiger partial charge on any atom is 0.123 e. The fraction of sp³-hybridized carbons (Fsp3) is 0.250. The first-order chi connectivity index (χ1) is 13.1. The van der Waals surface area contributed by atoms with Crippen molar-refractivity contribution in [1.29, 1.82) is 0 Å². The van der Waals surface area contributed by atoms with Crippen LogP contribution in [0.3, 0.4) is 0 Å². The van der Waals surface area contributed by atoms with Crippen molar-refractivity contribution >= 4 is 0 Å². The average molecular weight is 363 g/mol. The van der Waals surface area contributed by atoms with Gasteiger partial charge < -0.3 is 5.11 Å². The van der Waals surface area contributed by atoms with E-state index in [4.69, 9.17) is 0 Å². The quantitative estimate of drug-likeness (QED) is 0.625. The number of aliphatic hydroxyl groups is 1. The Morgan fingerprint density at radius 2 is 1.48 bits per heavy atom. The zero-order valence-corrected chi connectivity index (χ0v) is 15.7. The Balaban J connectivity index is 1.72. The van der Waals surface area contributed by atoms with E-state index in [9.17, 15) is 9.50 Å². The van der Waals surface area contributed by atoms with Crippen molar-refractivity contribution in [3.63, 3.8) is 0 Å². The van der Waals surface area contributed by atoms with E-state index in [1.807, 2.05) is 54.6 Å². The number of hydrogen-bond acceptors (Lipinski definition) is 2. The molecule has 0 aliphatic rings. The highest BCUT2D eigenvalue weighted by Crippen LogP contribution is 2.15. The smallest absolute Gasteiger partial charge is 0.123 e. The molecule has 0 unspecified atom stereocenters. The molecule has 0 saturated carbocycles. The lowest BCUT2D eigenvalue weighted by atomic mass is 10.1. The molecule has 0 aliphatic carbocycles. The van der Waals surface area contributed by atoms with Gasteiger partial charge in [0.2, 0.25) is 0 Å². The van der Waals surface area contributed by atoms with Gasteiger partial charge in [0.1, 0.15) is 5.82 Å². The number of halogens is 1. The maximum atomic E-state index is 13.2. The highest BCUT2D eigenvalue weighted by molar-refractivity contribution is 5.26. The molecule has 0 aliphatic heterocycles. The molecule has 3 heteroatoms. The van der Waals surface area contributed by atoms with Crippen LogP contribution < -0.4 is 0 Å². The van der Waals surface area contributed by atoms with Crippen LogP contribution in [0.1, 0.15) is 22.3 Å². The van der Waals surface area contributed by atoms with Crippen LogP contribution in [-0.2, 0) is 19.5 Å². The zero-order valence-electron chi connectivity index (χ0n) is 15.7. The Labute approximate surface area is 160 Å². The molecule has 3 aromatic rings. The molecule has 2 nitrogen and oxygen atoms in total. The first-order valence-corrected chi connectivity index (χ1v) is 9.33. The molecule has 0 amide bonds. The van der Waals surface area contributed by atoms with Gasteiger partial charge in [0.25, 0.3) is 0 Å². The molecular formula is C24H26FNO. The van der Waals surface area contributed by atoms with Crippen molar-refractivity contribution < 1.29 is 9.50 Å². The molecule has 0 spiro atoms. The number of aryl methyl sites for hydroxylation is 1. The second-order valence-corrected chi connectivity index (χ2v) is 7.07. The SMILES string of the molecule is Cc1ccccc1CN(Cc1ccc(F)cc1)C[C@H](O)Cc1ccccc1. The normalized spacial score (nSPS) is 12.3. The van der Waals surface area contributed by atoms with Crippen LogP contribution >= 0.6 is 0 Å². The maximum absolute atomic E-state index is 13.2. The van der Waals surface area contributed by atoms with E-state index in [0.717, 1.165) is 17.7 Å². The van der Waals surface area contributed by atoms with Gasteiger partial charge in [0.15, 0.2) is 0 Å². The summed E-state index contributed by atoms with van der Waals surface area (Å²) in [5, 5.41) is 10.6. The largest absolute Gasteiger partial charge is 0.391 e. The molecule has 1 N–H and O–H groups in total. The van der Waals surface area contributed by atoms with Gasteiger partial charge in [-0.05, 0) is 47.7 Å². The van der Waals surface area contributed by atoms with Crippen LogP contribution in [0.5, 0.6) is 0 Å². The number of nitrogens with zero attached hydrogens (tertiary/aromatic N) is 1. The lowest BCUT2D eigenvalue weighted by molar-refractivity contribution is 0.104. The first-order valence-electron chi connectivity index (χ1n) is 9.33. The summed E-state index contributed by atoms with van der Waals surface area (Å²) in [6, 6.07) is 24.9. The van der Waals surface area contributed by atoms with E-state index in [0.29, 0.717) is 19.5 Å². The second-order valence-electron chi connectivity index (χ2n) is 7.07. The van der Waals surface area contributed by atoms with Crippen molar-refractivity contribution in [3.8, 4) is 0 Å². The van der Waals surface area contributed by atoms with Gasteiger partial charge in [-0.25, -0.2) is 4.39 Å². The summed E-state index contributed by atoms with van der Waals surface area (Å²) in [4.78, 5) is 2.23. The summed E-state index contributed by atoms with van der Waals surface area (Å²) in [6.07, 6.45) is 0.158. The Bertz CT molecular complexity index is 833. The predicted molar refractivity (Wildman–Crippen MR) is 108 cm³/mol. The van der Waals surface area contributed by atoms with Gasteiger partial charge in [-0.2, -0.15) is 0 Å². The summed E-state index contributed by atoms with van der Waals surface area (Å²) < 4.78 is 13.2. The van der Waals surface area contributed by atoms with E-state index in [-0.39, 0.29) is 5.82 Å². The number of rotatable bonds is 8. The third-order valence-corrected chi connectivity index (χ3v) is 4.76. The first kappa shape index (κ1) is 19.3. The molecular weight excluding hydrogens is 337 g/mol. The number of benzene rings is 3. The number of aliphatic hydroxyl groups excluding tert-OH is 1. The minimum absolute atomic E-state index is 0.228. The van der Waals surface area contributed by atoms with Gasteiger partial charge in [0.05, 0.1) is 6.10 Å². The monoisotopic (exact) mass is 363 g/mol. The van der Waals surface area contributed by atoms with E-state index in [1.165, 1.54) is 23.3 Å². The fourth-order valence-corrected chi connectivity index (χ4v) is 3.31. The van der Waals surface area contributed by atoms with Crippen LogP contribution in [0, 0.1) is 12.7 Å². The van der Waals surface area contributed by atoms with Crippen molar-refractivity contribution in [3.05, 3.63) is 107 Å². The lowest BCUT2D eigenvalue weighted by Gasteiger charge is -2.26. The summed E-state index contributed by atoms with van der Waals surface area (Å²) in [5.74, 6) is -0.228. The Hall–Kier alpha value is -2.49. The van der Waals surface area contributed by atoms with Crippen LogP contribution in [0.4, 0.5) is 4.39 Å². The molecule has 0 heterocycles. The van der Waals surface area contributed by atoms with Crippen molar-refractivity contribution in [2.45, 2.75) is 32.5 Å². The van der Waals surface area contributed by atoms with Crippen molar-refractivity contribution in [1.82, 2.24) is 4.90 Å². The zero-order chi connectivity index (χ0) is 19.1. The Morgan fingerprint density at radius 1 is 0.815 bits per heavy atom. The Kier molecular flexibility index (Phi) is 6.74. The van der Waals surface area contributed by atoms with Crippen molar-refractivity contribution in [2.24, 2.45) is 0 Å². The molecule has 0 aromatic heterocycles. The molecule has 0 fully saturated rings. The summed E-state index contributed by atoms with van der Waals surface area (Å²) in [6.45, 7) is 4.07. The third-order valence-electron chi connectivity index (χ3n) is 4.76. The summed E-state index contributed by atoms with van der Waals surface area (Å²) in [7, 11) is 0. The Morgan fingerprint density at radius 3 is 2.19 bits per heavy atom. The van der Waals surface area contributed by atoms with Gasteiger partial charge in [-0.1, -0.05) is 66.7 Å². The molecule has 140 valence electrons. The van der Waals surface area contributed by atoms with E-state index in [2.05, 4.69) is 24.0 Å². The van der Waals surface area contributed by atoms with Gasteiger partial charge in [-0.3, -0.25) is 4.90 Å². The van der Waals surface area contributed by atoms with Gasteiger partial charge >= 0.3 is 0 Å². The van der Waals surface area contributed by atoms with Gasteiger partial charge in [0, 0.05) is 19.6 Å². The highest BCUT2D eigenvalue weighted by Gasteiger charge is 2.14. The minimum Gasteiger partial charge on any atom is -0.391 e. The molecule has 1 atom stereocenters.